The maximum Gasteiger partial charge on any atom is 0.160 e. The molecule has 4 aromatic heterocycles. The second-order valence-electron chi connectivity index (χ2n) is 14.9. The molecule has 12 aromatic rings. The van der Waals surface area contributed by atoms with Crippen molar-refractivity contribution in [3.05, 3.63) is 188 Å². The average Bonchev–Trinajstić information content (AvgIpc) is 3.98. The summed E-state index contributed by atoms with van der Waals surface area (Å²) in [5.41, 5.74) is 13.9. The highest BCUT2D eigenvalue weighted by atomic mass is 32.1. The van der Waals surface area contributed by atoms with Crippen molar-refractivity contribution < 1.29 is 0 Å². The van der Waals surface area contributed by atoms with Gasteiger partial charge in [0.1, 0.15) is 11.0 Å². The van der Waals surface area contributed by atoms with Gasteiger partial charge >= 0.3 is 0 Å². The molecule has 7 heteroatoms. The molecule has 0 saturated heterocycles. The van der Waals surface area contributed by atoms with Crippen LogP contribution < -0.4 is 0 Å². The van der Waals surface area contributed by atoms with Crippen molar-refractivity contribution in [1.29, 1.82) is 0 Å². The molecule has 0 aliphatic rings. The first-order chi connectivity index (χ1) is 29.7. The van der Waals surface area contributed by atoms with Crippen LogP contribution >= 0.6 is 23.1 Å². The number of hydrogen-bond acceptors (Lipinski definition) is 7. The van der Waals surface area contributed by atoms with Gasteiger partial charge in [-0.1, -0.05) is 164 Å². The van der Waals surface area contributed by atoms with Crippen LogP contribution in [-0.2, 0) is 0 Å². The molecule has 4 heterocycles. The summed E-state index contributed by atoms with van der Waals surface area (Å²) in [6.45, 7) is 0. The van der Waals surface area contributed by atoms with E-state index in [-0.39, 0.29) is 0 Å². The van der Waals surface area contributed by atoms with Crippen molar-refractivity contribution in [2.75, 3.05) is 0 Å². The molecule has 0 amide bonds. The van der Waals surface area contributed by atoms with E-state index in [1.54, 1.807) is 0 Å². The number of rotatable bonds is 6. The van der Waals surface area contributed by atoms with Crippen LogP contribution in [0, 0.1) is 0 Å². The van der Waals surface area contributed by atoms with Crippen molar-refractivity contribution >= 4 is 75.9 Å². The maximum atomic E-state index is 5.20. The van der Waals surface area contributed by atoms with Gasteiger partial charge in [-0.25, -0.2) is 15.0 Å². The summed E-state index contributed by atoms with van der Waals surface area (Å²) >= 11 is 3.10. The molecule has 0 spiro atoms. The third-order valence-electron chi connectivity index (χ3n) is 11.4. The number of thiophene rings is 1. The zero-order valence-corrected chi connectivity index (χ0v) is 33.6. The minimum atomic E-state index is 0.684. The summed E-state index contributed by atoms with van der Waals surface area (Å²) in [5.74, 6) is 0.684. The Bertz CT molecular complexity index is 3580. The molecule has 0 fully saturated rings. The smallest absolute Gasteiger partial charge is 0.160 e. The lowest BCUT2D eigenvalue weighted by molar-refractivity contribution is 1.18. The highest BCUT2D eigenvalue weighted by Crippen LogP contribution is 2.43. The van der Waals surface area contributed by atoms with Gasteiger partial charge in [0, 0.05) is 64.1 Å². The van der Waals surface area contributed by atoms with E-state index in [0.29, 0.717) is 5.82 Å². The SMILES string of the molecule is c1ccc(-c2nc(-c3ccc(-c4cc5c(-c6ccccc6)nc6ccccc6c5c5nsnc45)cc3)cc(-c3ccc(-c4cccc5c4sc4ccccc45)cc3)n2)cc1. The molecule has 0 bridgehead atoms. The third-order valence-corrected chi connectivity index (χ3v) is 13.1. The Hall–Kier alpha value is -7.45. The van der Waals surface area contributed by atoms with Gasteiger partial charge in [-0.3, -0.25) is 0 Å². The molecule has 0 N–H and O–H groups in total. The van der Waals surface area contributed by atoms with Gasteiger partial charge < -0.3 is 0 Å². The lowest BCUT2D eigenvalue weighted by Crippen LogP contribution is -1.96. The van der Waals surface area contributed by atoms with E-state index in [0.717, 1.165) is 83.2 Å². The fraction of sp³-hybridized carbons (Fsp3) is 0. The van der Waals surface area contributed by atoms with Crippen LogP contribution in [-0.4, -0.2) is 23.7 Å². The number of para-hydroxylation sites is 1. The molecule has 0 saturated carbocycles. The molecular weight excluding hydrogens is 771 g/mol. The van der Waals surface area contributed by atoms with E-state index in [4.69, 9.17) is 23.7 Å². The molecule has 12 rings (SSSR count). The molecule has 5 nitrogen and oxygen atoms in total. The maximum absolute atomic E-state index is 5.20. The first-order valence-electron chi connectivity index (χ1n) is 19.8. The summed E-state index contributed by atoms with van der Waals surface area (Å²) < 4.78 is 12.4. The first kappa shape index (κ1) is 34.6. The van der Waals surface area contributed by atoms with Crippen LogP contribution in [0.4, 0.5) is 0 Å². The highest BCUT2D eigenvalue weighted by molar-refractivity contribution is 7.26. The second-order valence-corrected chi connectivity index (χ2v) is 16.5. The van der Waals surface area contributed by atoms with Crippen molar-refractivity contribution in [1.82, 2.24) is 23.7 Å². The normalized spacial score (nSPS) is 11.7. The van der Waals surface area contributed by atoms with Crippen molar-refractivity contribution in [3.8, 4) is 67.4 Å². The van der Waals surface area contributed by atoms with Crippen LogP contribution in [0.5, 0.6) is 0 Å². The number of fused-ring (bicyclic) bond motifs is 8. The van der Waals surface area contributed by atoms with Gasteiger partial charge in [-0.2, -0.15) is 8.75 Å². The van der Waals surface area contributed by atoms with Crippen molar-refractivity contribution in [2.24, 2.45) is 0 Å². The van der Waals surface area contributed by atoms with E-state index >= 15 is 0 Å². The fourth-order valence-corrected chi connectivity index (χ4v) is 10.3. The van der Waals surface area contributed by atoms with Gasteiger partial charge in [0.2, 0.25) is 0 Å². The summed E-state index contributed by atoms with van der Waals surface area (Å²) in [4.78, 5) is 15.5. The third kappa shape index (κ3) is 5.78. The molecule has 0 aliphatic carbocycles. The van der Waals surface area contributed by atoms with Crippen molar-refractivity contribution in [2.45, 2.75) is 0 Å². The topological polar surface area (TPSA) is 64.5 Å². The Kier molecular flexibility index (Phi) is 8.14. The lowest BCUT2D eigenvalue weighted by Gasteiger charge is -2.13. The minimum Gasteiger partial charge on any atom is -0.247 e. The Balaban J connectivity index is 0.958. The van der Waals surface area contributed by atoms with Gasteiger partial charge in [0.25, 0.3) is 0 Å². The number of aromatic nitrogens is 5. The number of benzene rings is 8. The number of nitrogens with zero attached hydrogens (tertiary/aromatic N) is 5. The molecule has 0 radical (unpaired) electrons. The summed E-state index contributed by atoms with van der Waals surface area (Å²) in [5, 5.41) is 5.81. The van der Waals surface area contributed by atoms with E-state index in [1.807, 2.05) is 41.7 Å². The quantitative estimate of drug-likeness (QED) is 0.157. The van der Waals surface area contributed by atoms with Crippen molar-refractivity contribution in [3.63, 3.8) is 0 Å². The zero-order valence-electron chi connectivity index (χ0n) is 32.0. The lowest BCUT2D eigenvalue weighted by atomic mass is 9.93. The molecule has 0 atom stereocenters. The van der Waals surface area contributed by atoms with E-state index in [1.165, 1.54) is 43.0 Å². The number of pyridine rings is 1. The largest absolute Gasteiger partial charge is 0.247 e. The minimum absolute atomic E-state index is 0.684. The highest BCUT2D eigenvalue weighted by Gasteiger charge is 2.20. The first-order valence-corrected chi connectivity index (χ1v) is 21.4. The second kappa shape index (κ2) is 14.1. The Morgan fingerprint density at radius 3 is 1.68 bits per heavy atom. The summed E-state index contributed by atoms with van der Waals surface area (Å²) in [7, 11) is 0. The van der Waals surface area contributed by atoms with E-state index < -0.39 is 0 Å². The molecule has 0 aliphatic heterocycles. The van der Waals surface area contributed by atoms with Crippen LogP contribution in [0.1, 0.15) is 0 Å². The van der Waals surface area contributed by atoms with Crippen LogP contribution in [0.15, 0.2) is 188 Å². The predicted molar refractivity (Wildman–Crippen MR) is 251 cm³/mol. The molecule has 280 valence electrons. The monoisotopic (exact) mass is 801 g/mol. The summed E-state index contributed by atoms with van der Waals surface area (Å²) in [6, 6.07) is 66.0. The van der Waals surface area contributed by atoms with E-state index in [9.17, 15) is 0 Å². The molecule has 0 unspecified atom stereocenters. The standard InChI is InChI=1S/C53H31N5S2/c1-3-12-36(13-4-1)49-43-30-42(50-51(58-60-57-50)48(43)41-17-7-9-20-44(41)54-49)33-24-28-35(29-25-33)46-31-45(55-53(56-46)37-14-5-2-6-15-37)34-26-22-32(23-27-34)38-18-11-19-40-39-16-8-10-21-47(39)59-52(38)40/h1-31H. The van der Waals surface area contributed by atoms with E-state index in [2.05, 4.69) is 158 Å². The molecule has 60 heavy (non-hydrogen) atoms. The zero-order chi connectivity index (χ0) is 39.6. The van der Waals surface area contributed by atoms with Gasteiger partial charge in [-0.15, -0.1) is 11.3 Å². The molecular formula is C53H31N5S2. The van der Waals surface area contributed by atoms with Gasteiger partial charge in [0.15, 0.2) is 5.82 Å². The van der Waals surface area contributed by atoms with Crippen LogP contribution in [0.2, 0.25) is 0 Å². The average molecular weight is 802 g/mol. The van der Waals surface area contributed by atoms with Crippen LogP contribution in [0.3, 0.4) is 0 Å². The Morgan fingerprint density at radius 1 is 0.367 bits per heavy atom. The predicted octanol–water partition coefficient (Wildman–Crippen LogP) is 14.6. The van der Waals surface area contributed by atoms with Crippen LogP contribution in [0.25, 0.3) is 120 Å². The Labute approximate surface area is 353 Å². The molecule has 8 aromatic carbocycles. The van der Waals surface area contributed by atoms with Gasteiger partial charge in [-0.05, 0) is 41.0 Å². The number of hydrogen-bond donors (Lipinski definition) is 0. The Morgan fingerprint density at radius 2 is 0.950 bits per heavy atom. The van der Waals surface area contributed by atoms with Gasteiger partial charge in [0.05, 0.1) is 34.3 Å². The fourth-order valence-electron chi connectivity index (χ4n) is 8.48. The summed E-state index contributed by atoms with van der Waals surface area (Å²) in [6.07, 6.45) is 0.